The maximum absolute atomic E-state index is 5.70. The van der Waals surface area contributed by atoms with Gasteiger partial charge in [-0.1, -0.05) is 29.7 Å². The van der Waals surface area contributed by atoms with Crippen molar-refractivity contribution < 1.29 is 9.47 Å². The number of ether oxygens (including phenoxy) is 2. The summed E-state index contributed by atoms with van der Waals surface area (Å²) in [5.74, 6) is 0. The molecule has 1 atom stereocenters. The Labute approximate surface area is 98.4 Å². The summed E-state index contributed by atoms with van der Waals surface area (Å²) in [6.45, 7) is 1.61. The second-order valence-corrected chi connectivity index (χ2v) is 4.41. The molecule has 0 aromatic heterocycles. The van der Waals surface area contributed by atoms with Gasteiger partial charge in [0.1, 0.15) is 7.85 Å². The van der Waals surface area contributed by atoms with E-state index >= 15 is 0 Å². The van der Waals surface area contributed by atoms with Gasteiger partial charge >= 0.3 is 0 Å². The lowest BCUT2D eigenvalue weighted by molar-refractivity contribution is -0.161. The van der Waals surface area contributed by atoms with Gasteiger partial charge in [0.2, 0.25) is 0 Å². The van der Waals surface area contributed by atoms with E-state index in [2.05, 4.69) is 32.1 Å². The Bertz CT molecular complexity index is 321. The lowest BCUT2D eigenvalue weighted by Crippen LogP contribution is -2.23. The summed E-state index contributed by atoms with van der Waals surface area (Å²) in [5.41, 5.74) is 2.65. The zero-order chi connectivity index (χ0) is 11.2. The van der Waals surface area contributed by atoms with Gasteiger partial charge in [-0.15, -0.1) is 0 Å². The Morgan fingerprint density at radius 1 is 1.38 bits per heavy atom. The smallest absolute Gasteiger partial charge is 0.157 e. The quantitative estimate of drug-likeness (QED) is 0.703. The van der Waals surface area contributed by atoms with Crippen LogP contribution in [0.1, 0.15) is 24.8 Å². The van der Waals surface area contributed by atoms with Crippen LogP contribution in [0.3, 0.4) is 0 Å². The monoisotopic (exact) mass is 218 g/mol. The number of benzene rings is 1. The number of hydrogen-bond donors (Lipinski definition) is 0. The first-order chi connectivity index (χ1) is 7.84. The molecule has 86 valence electrons. The topological polar surface area (TPSA) is 18.5 Å². The largest absolute Gasteiger partial charge is 0.353 e. The molecule has 0 saturated carbocycles. The second kappa shape index (κ2) is 6.07. The van der Waals surface area contributed by atoms with Crippen molar-refractivity contribution >= 4 is 13.3 Å². The minimum atomic E-state index is 0.0403. The molecule has 1 aromatic carbocycles. The van der Waals surface area contributed by atoms with E-state index < -0.39 is 0 Å². The van der Waals surface area contributed by atoms with Gasteiger partial charge in [0, 0.05) is 6.61 Å². The molecule has 3 heteroatoms. The number of hydrogen-bond acceptors (Lipinski definition) is 2. The van der Waals surface area contributed by atoms with Crippen LogP contribution < -0.4 is 5.46 Å². The molecule has 0 N–H and O–H groups in total. The maximum atomic E-state index is 5.70. The van der Waals surface area contributed by atoms with Crippen LogP contribution >= 0.6 is 0 Å². The van der Waals surface area contributed by atoms with Crippen molar-refractivity contribution in [1.82, 2.24) is 0 Å². The Balaban J connectivity index is 1.71. The molecule has 1 saturated heterocycles. The average molecular weight is 218 g/mol. The first kappa shape index (κ1) is 11.7. The van der Waals surface area contributed by atoms with Crippen molar-refractivity contribution in [2.24, 2.45) is 0 Å². The Kier molecular flexibility index (Phi) is 4.43. The van der Waals surface area contributed by atoms with Crippen LogP contribution in [0.15, 0.2) is 24.3 Å². The molecule has 0 spiro atoms. The second-order valence-electron chi connectivity index (χ2n) is 4.41. The van der Waals surface area contributed by atoms with Crippen LogP contribution in [0.25, 0.3) is 0 Å². The zero-order valence-corrected chi connectivity index (χ0v) is 9.95. The van der Waals surface area contributed by atoms with Crippen LogP contribution in [0, 0.1) is 0 Å². The molecule has 1 fully saturated rings. The van der Waals surface area contributed by atoms with Crippen molar-refractivity contribution in [1.29, 1.82) is 0 Å². The summed E-state index contributed by atoms with van der Waals surface area (Å²) in [6.07, 6.45) is 4.47. The van der Waals surface area contributed by atoms with Gasteiger partial charge in [-0.3, -0.25) is 0 Å². The molecule has 1 aromatic rings. The lowest BCUT2D eigenvalue weighted by atomic mass is 9.94. The van der Waals surface area contributed by atoms with Crippen molar-refractivity contribution in [3.8, 4) is 0 Å². The fourth-order valence-electron chi connectivity index (χ4n) is 2.02. The highest BCUT2D eigenvalue weighted by atomic mass is 16.7. The number of rotatable bonds is 4. The predicted octanol–water partition coefficient (Wildman–Crippen LogP) is 1.03. The SMILES string of the molecule is Bc1cccc(CCOC2CCCCO2)c1. The van der Waals surface area contributed by atoms with Crippen LogP contribution in [0.5, 0.6) is 0 Å². The molecule has 0 bridgehead atoms. The van der Waals surface area contributed by atoms with E-state index in [0.29, 0.717) is 0 Å². The van der Waals surface area contributed by atoms with Crippen molar-refractivity contribution in [2.75, 3.05) is 13.2 Å². The molecule has 2 rings (SSSR count). The molecule has 0 aliphatic carbocycles. The van der Waals surface area contributed by atoms with Crippen molar-refractivity contribution in [2.45, 2.75) is 32.0 Å². The molecular formula is C13H19BO2. The van der Waals surface area contributed by atoms with E-state index in [1.165, 1.54) is 23.9 Å². The molecule has 1 aliphatic rings. The minimum absolute atomic E-state index is 0.0403. The molecule has 1 aliphatic heterocycles. The van der Waals surface area contributed by atoms with E-state index in [4.69, 9.17) is 9.47 Å². The third-order valence-electron chi connectivity index (χ3n) is 2.91. The first-order valence-corrected chi connectivity index (χ1v) is 6.13. The lowest BCUT2D eigenvalue weighted by Gasteiger charge is -2.22. The third kappa shape index (κ3) is 3.65. The summed E-state index contributed by atoms with van der Waals surface area (Å²) in [7, 11) is 2.12. The van der Waals surface area contributed by atoms with Gasteiger partial charge in [-0.05, 0) is 31.2 Å². The Morgan fingerprint density at radius 2 is 2.31 bits per heavy atom. The Morgan fingerprint density at radius 3 is 3.06 bits per heavy atom. The highest BCUT2D eigenvalue weighted by Gasteiger charge is 2.13. The highest BCUT2D eigenvalue weighted by molar-refractivity contribution is 6.32. The van der Waals surface area contributed by atoms with E-state index in [1.807, 2.05) is 0 Å². The minimum Gasteiger partial charge on any atom is -0.353 e. The highest BCUT2D eigenvalue weighted by Crippen LogP contribution is 2.13. The van der Waals surface area contributed by atoms with Gasteiger partial charge < -0.3 is 9.47 Å². The summed E-state index contributed by atoms with van der Waals surface area (Å²) in [4.78, 5) is 0. The molecule has 0 radical (unpaired) electrons. The van der Waals surface area contributed by atoms with Crippen LogP contribution in [0.2, 0.25) is 0 Å². The fourth-order valence-corrected chi connectivity index (χ4v) is 2.02. The molecule has 1 unspecified atom stereocenters. The normalized spacial score (nSPS) is 20.9. The predicted molar refractivity (Wildman–Crippen MR) is 67.9 cm³/mol. The van der Waals surface area contributed by atoms with E-state index in [1.54, 1.807) is 0 Å². The van der Waals surface area contributed by atoms with E-state index in [-0.39, 0.29) is 6.29 Å². The summed E-state index contributed by atoms with van der Waals surface area (Å²) >= 11 is 0. The molecule has 2 nitrogen and oxygen atoms in total. The van der Waals surface area contributed by atoms with Gasteiger partial charge in [0.25, 0.3) is 0 Å². The van der Waals surface area contributed by atoms with Crippen molar-refractivity contribution in [3.63, 3.8) is 0 Å². The fraction of sp³-hybridized carbons (Fsp3) is 0.538. The molecular weight excluding hydrogens is 199 g/mol. The molecule has 16 heavy (non-hydrogen) atoms. The van der Waals surface area contributed by atoms with E-state index in [9.17, 15) is 0 Å². The summed E-state index contributed by atoms with van der Waals surface area (Å²) < 4.78 is 11.2. The Hall–Kier alpha value is -0.795. The van der Waals surface area contributed by atoms with Crippen LogP contribution in [-0.2, 0) is 15.9 Å². The van der Waals surface area contributed by atoms with Gasteiger partial charge in [-0.25, -0.2) is 0 Å². The van der Waals surface area contributed by atoms with Crippen molar-refractivity contribution in [3.05, 3.63) is 29.8 Å². The average Bonchev–Trinajstić information content (AvgIpc) is 2.30. The van der Waals surface area contributed by atoms with E-state index in [0.717, 1.165) is 26.1 Å². The summed E-state index contributed by atoms with van der Waals surface area (Å²) in [5, 5.41) is 0. The van der Waals surface area contributed by atoms with Gasteiger partial charge in [0.15, 0.2) is 6.29 Å². The van der Waals surface area contributed by atoms with Gasteiger partial charge in [0.05, 0.1) is 6.61 Å². The summed E-state index contributed by atoms with van der Waals surface area (Å²) in [6, 6.07) is 8.58. The molecule has 1 heterocycles. The zero-order valence-electron chi connectivity index (χ0n) is 9.95. The van der Waals surface area contributed by atoms with Crippen LogP contribution in [0.4, 0.5) is 0 Å². The first-order valence-electron chi connectivity index (χ1n) is 6.13. The van der Waals surface area contributed by atoms with Gasteiger partial charge in [-0.2, -0.15) is 0 Å². The van der Waals surface area contributed by atoms with Crippen LogP contribution in [-0.4, -0.2) is 27.4 Å². The maximum Gasteiger partial charge on any atom is 0.157 e. The standard InChI is InChI=1S/C13H19BO2/c14-12-5-3-4-11(10-12)7-9-16-13-6-1-2-8-15-13/h3-5,10,13H,1-2,6-9,14H2. The third-order valence-corrected chi connectivity index (χ3v) is 2.91. The molecule has 0 amide bonds.